The van der Waals surface area contributed by atoms with Crippen LogP contribution in [-0.2, 0) is 11.2 Å². The molecule has 0 amide bonds. The van der Waals surface area contributed by atoms with Gasteiger partial charge in [-0.2, -0.15) is 0 Å². The Morgan fingerprint density at radius 1 is 1.21 bits per heavy atom. The Kier molecular flexibility index (Phi) is 3.90. The normalized spacial score (nSPS) is 24.7. The highest BCUT2D eigenvalue weighted by Gasteiger charge is 2.28. The molecule has 0 radical (unpaired) electrons. The third-order valence-corrected chi connectivity index (χ3v) is 5.11. The van der Waals surface area contributed by atoms with Crippen LogP contribution in [0.25, 0.3) is 10.8 Å². The van der Waals surface area contributed by atoms with E-state index in [1.165, 1.54) is 22.8 Å². The SMILES string of the molecule is CC1CC(C(Br)Cc2cccc3ccccc23)CO1. The van der Waals surface area contributed by atoms with E-state index in [-0.39, 0.29) is 0 Å². The average molecular weight is 319 g/mol. The Labute approximate surface area is 123 Å². The number of hydrogen-bond acceptors (Lipinski definition) is 1. The maximum absolute atomic E-state index is 5.68. The predicted octanol–water partition coefficient (Wildman–Crippen LogP) is 4.57. The first kappa shape index (κ1) is 13.1. The molecule has 3 rings (SSSR count). The summed E-state index contributed by atoms with van der Waals surface area (Å²) in [6.45, 7) is 3.06. The predicted molar refractivity (Wildman–Crippen MR) is 83.9 cm³/mol. The summed E-state index contributed by atoms with van der Waals surface area (Å²) in [6.07, 6.45) is 2.65. The summed E-state index contributed by atoms with van der Waals surface area (Å²) in [6, 6.07) is 15.2. The second-order valence-electron chi connectivity index (χ2n) is 5.50. The van der Waals surface area contributed by atoms with E-state index >= 15 is 0 Å². The van der Waals surface area contributed by atoms with Crippen LogP contribution in [0.5, 0.6) is 0 Å². The Hall–Kier alpha value is -0.860. The number of rotatable bonds is 3. The molecule has 0 N–H and O–H groups in total. The third-order valence-electron chi connectivity index (χ3n) is 4.04. The van der Waals surface area contributed by atoms with E-state index in [0.717, 1.165) is 13.0 Å². The van der Waals surface area contributed by atoms with Gasteiger partial charge in [-0.1, -0.05) is 58.4 Å². The summed E-state index contributed by atoms with van der Waals surface area (Å²) in [7, 11) is 0. The van der Waals surface area contributed by atoms with Gasteiger partial charge in [-0.05, 0) is 42.0 Å². The van der Waals surface area contributed by atoms with E-state index in [0.29, 0.717) is 16.8 Å². The zero-order valence-corrected chi connectivity index (χ0v) is 12.8. The van der Waals surface area contributed by atoms with Crippen LogP contribution >= 0.6 is 15.9 Å². The van der Waals surface area contributed by atoms with Crippen molar-refractivity contribution in [3.8, 4) is 0 Å². The number of fused-ring (bicyclic) bond motifs is 1. The van der Waals surface area contributed by atoms with Crippen LogP contribution in [0, 0.1) is 5.92 Å². The first-order chi connectivity index (χ1) is 9.24. The van der Waals surface area contributed by atoms with Crippen LogP contribution < -0.4 is 0 Å². The first-order valence-electron chi connectivity index (χ1n) is 6.96. The van der Waals surface area contributed by atoms with Gasteiger partial charge in [-0.3, -0.25) is 0 Å². The Morgan fingerprint density at radius 3 is 2.79 bits per heavy atom. The van der Waals surface area contributed by atoms with E-state index in [1.54, 1.807) is 0 Å². The van der Waals surface area contributed by atoms with Gasteiger partial charge in [0.2, 0.25) is 0 Å². The van der Waals surface area contributed by atoms with Gasteiger partial charge in [0.25, 0.3) is 0 Å². The molecule has 0 aliphatic carbocycles. The molecule has 1 fully saturated rings. The lowest BCUT2D eigenvalue weighted by atomic mass is 9.94. The highest BCUT2D eigenvalue weighted by molar-refractivity contribution is 9.09. The number of ether oxygens (including phenoxy) is 1. The molecule has 0 saturated carbocycles. The van der Waals surface area contributed by atoms with E-state index in [4.69, 9.17) is 4.74 Å². The molecule has 0 bridgehead atoms. The molecule has 1 heterocycles. The Morgan fingerprint density at radius 2 is 2.00 bits per heavy atom. The zero-order valence-electron chi connectivity index (χ0n) is 11.2. The summed E-state index contributed by atoms with van der Waals surface area (Å²) < 4.78 is 5.68. The van der Waals surface area contributed by atoms with Crippen LogP contribution in [0.4, 0.5) is 0 Å². The maximum atomic E-state index is 5.68. The quantitative estimate of drug-likeness (QED) is 0.753. The lowest BCUT2D eigenvalue weighted by Gasteiger charge is -2.17. The molecule has 100 valence electrons. The van der Waals surface area contributed by atoms with Crippen LogP contribution in [0.1, 0.15) is 18.9 Å². The van der Waals surface area contributed by atoms with E-state index < -0.39 is 0 Å². The van der Waals surface area contributed by atoms with Gasteiger partial charge < -0.3 is 4.74 Å². The zero-order chi connectivity index (χ0) is 13.2. The highest BCUT2D eigenvalue weighted by atomic mass is 79.9. The molecular weight excluding hydrogens is 300 g/mol. The highest BCUT2D eigenvalue weighted by Crippen LogP contribution is 2.30. The van der Waals surface area contributed by atoms with Crippen molar-refractivity contribution >= 4 is 26.7 Å². The lowest BCUT2D eigenvalue weighted by molar-refractivity contribution is 0.120. The van der Waals surface area contributed by atoms with Gasteiger partial charge in [-0.15, -0.1) is 0 Å². The molecule has 19 heavy (non-hydrogen) atoms. The average Bonchev–Trinajstić information content (AvgIpc) is 2.86. The van der Waals surface area contributed by atoms with Gasteiger partial charge in [0.1, 0.15) is 0 Å². The van der Waals surface area contributed by atoms with Crippen molar-refractivity contribution in [1.82, 2.24) is 0 Å². The Bertz CT molecular complexity index is 561. The minimum Gasteiger partial charge on any atom is -0.378 e. The largest absolute Gasteiger partial charge is 0.378 e. The van der Waals surface area contributed by atoms with Gasteiger partial charge in [0.15, 0.2) is 0 Å². The fraction of sp³-hybridized carbons (Fsp3) is 0.412. The Balaban J connectivity index is 1.81. The molecule has 2 aromatic rings. The topological polar surface area (TPSA) is 9.23 Å². The second-order valence-corrected chi connectivity index (χ2v) is 6.67. The summed E-state index contributed by atoms with van der Waals surface area (Å²) in [5.74, 6) is 0.633. The number of halogens is 1. The van der Waals surface area contributed by atoms with Gasteiger partial charge in [0.05, 0.1) is 12.7 Å². The van der Waals surface area contributed by atoms with Gasteiger partial charge in [-0.25, -0.2) is 0 Å². The van der Waals surface area contributed by atoms with Gasteiger partial charge >= 0.3 is 0 Å². The third kappa shape index (κ3) is 2.85. The molecule has 0 aromatic heterocycles. The van der Waals surface area contributed by atoms with Crippen molar-refractivity contribution in [3.63, 3.8) is 0 Å². The fourth-order valence-electron chi connectivity index (χ4n) is 2.95. The summed E-state index contributed by atoms with van der Waals surface area (Å²) >= 11 is 3.87. The summed E-state index contributed by atoms with van der Waals surface area (Å²) in [5.41, 5.74) is 1.43. The minimum absolute atomic E-state index is 0.414. The van der Waals surface area contributed by atoms with Crippen molar-refractivity contribution < 1.29 is 4.74 Å². The maximum Gasteiger partial charge on any atom is 0.0551 e. The van der Waals surface area contributed by atoms with Gasteiger partial charge in [0, 0.05) is 4.83 Å². The minimum atomic E-state index is 0.414. The molecule has 1 nitrogen and oxygen atoms in total. The molecule has 2 aromatic carbocycles. The standard InChI is InChI=1S/C17H19BrO/c1-12-9-15(11-19-12)17(18)10-14-7-4-6-13-5-2-3-8-16(13)14/h2-8,12,15,17H,9-11H2,1H3. The van der Waals surface area contributed by atoms with E-state index in [9.17, 15) is 0 Å². The monoisotopic (exact) mass is 318 g/mol. The summed E-state index contributed by atoms with van der Waals surface area (Å²) in [5, 5.41) is 2.71. The first-order valence-corrected chi connectivity index (χ1v) is 7.88. The van der Waals surface area contributed by atoms with Crippen molar-refractivity contribution in [2.24, 2.45) is 5.92 Å². The molecule has 1 aliphatic rings. The molecule has 3 atom stereocenters. The van der Waals surface area contributed by atoms with Crippen LogP contribution in [-0.4, -0.2) is 17.5 Å². The number of benzene rings is 2. The number of alkyl halides is 1. The van der Waals surface area contributed by atoms with Crippen LogP contribution in [0.2, 0.25) is 0 Å². The molecule has 0 spiro atoms. The van der Waals surface area contributed by atoms with Crippen molar-refractivity contribution in [2.45, 2.75) is 30.7 Å². The van der Waals surface area contributed by atoms with Crippen LogP contribution in [0.15, 0.2) is 42.5 Å². The molecule has 3 unspecified atom stereocenters. The molecule has 1 saturated heterocycles. The summed E-state index contributed by atoms with van der Waals surface area (Å²) in [4.78, 5) is 0.503. The van der Waals surface area contributed by atoms with E-state index in [1.807, 2.05) is 0 Å². The lowest BCUT2D eigenvalue weighted by Crippen LogP contribution is -2.17. The molecule has 2 heteroatoms. The van der Waals surface area contributed by atoms with Crippen molar-refractivity contribution in [3.05, 3.63) is 48.0 Å². The fourth-order valence-corrected chi connectivity index (χ4v) is 3.67. The number of hydrogen-bond donors (Lipinski definition) is 0. The van der Waals surface area contributed by atoms with Crippen molar-refractivity contribution in [2.75, 3.05) is 6.61 Å². The van der Waals surface area contributed by atoms with E-state index in [2.05, 4.69) is 65.3 Å². The molecule has 1 aliphatic heterocycles. The second kappa shape index (κ2) is 5.64. The van der Waals surface area contributed by atoms with Crippen LogP contribution in [0.3, 0.4) is 0 Å². The van der Waals surface area contributed by atoms with Crippen molar-refractivity contribution in [1.29, 1.82) is 0 Å². The molecular formula is C17H19BrO. The smallest absolute Gasteiger partial charge is 0.0551 e.